The van der Waals surface area contributed by atoms with E-state index < -0.39 is 5.60 Å². The molecule has 1 heterocycles. The Labute approximate surface area is 95.0 Å². The van der Waals surface area contributed by atoms with Crippen molar-refractivity contribution in [3.05, 3.63) is 0 Å². The number of rotatable bonds is 4. The molecule has 6 heteroatoms. The van der Waals surface area contributed by atoms with Crippen LogP contribution in [0.4, 0.5) is 0 Å². The molecule has 0 radical (unpaired) electrons. The van der Waals surface area contributed by atoms with Gasteiger partial charge in [-0.25, -0.2) is 0 Å². The van der Waals surface area contributed by atoms with Crippen LogP contribution in [0.3, 0.4) is 0 Å². The Morgan fingerprint density at radius 1 is 1.38 bits per heavy atom. The Morgan fingerprint density at radius 3 is 2.50 bits per heavy atom. The molecular weight excluding hydrogens is 210 g/mol. The lowest BCUT2D eigenvalue weighted by Gasteiger charge is -2.46. The Bertz CT molecular complexity index is 274. The van der Waals surface area contributed by atoms with E-state index in [0.29, 0.717) is 13.1 Å². The van der Waals surface area contributed by atoms with Crippen LogP contribution in [0.2, 0.25) is 0 Å². The lowest BCUT2D eigenvalue weighted by atomic mass is 9.89. The molecule has 1 saturated heterocycles. The summed E-state index contributed by atoms with van der Waals surface area (Å²) in [6.07, 6.45) is 1.69. The monoisotopic (exact) mass is 229 g/mol. The number of nitrogens with one attached hydrogen (secondary N) is 2. The van der Waals surface area contributed by atoms with Crippen molar-refractivity contribution in [1.29, 1.82) is 0 Å². The highest BCUT2D eigenvalue weighted by Gasteiger charge is 2.40. The molecule has 1 fully saturated rings. The van der Waals surface area contributed by atoms with E-state index in [4.69, 9.17) is 0 Å². The van der Waals surface area contributed by atoms with Crippen LogP contribution in [0.1, 0.15) is 26.7 Å². The Hall–Kier alpha value is -1.14. The van der Waals surface area contributed by atoms with Crippen LogP contribution < -0.4 is 10.9 Å². The summed E-state index contributed by atoms with van der Waals surface area (Å²) in [5.41, 5.74) is 3.87. The number of aliphatic hydroxyl groups is 1. The fourth-order valence-electron chi connectivity index (χ4n) is 1.92. The van der Waals surface area contributed by atoms with Gasteiger partial charge in [0, 0.05) is 20.0 Å². The maximum absolute atomic E-state index is 11.3. The SMILES string of the molecule is CCCC1(O)CN(CC(=O)NNC(C)=O)C1. The van der Waals surface area contributed by atoms with Crippen molar-refractivity contribution >= 4 is 11.8 Å². The van der Waals surface area contributed by atoms with Gasteiger partial charge in [-0.3, -0.25) is 25.3 Å². The quantitative estimate of drug-likeness (QED) is 0.540. The number of nitrogens with zero attached hydrogens (tertiary/aromatic N) is 1. The van der Waals surface area contributed by atoms with E-state index in [1.807, 2.05) is 11.8 Å². The largest absolute Gasteiger partial charge is 0.387 e. The van der Waals surface area contributed by atoms with Gasteiger partial charge in [-0.1, -0.05) is 13.3 Å². The van der Waals surface area contributed by atoms with Crippen LogP contribution in [0.25, 0.3) is 0 Å². The van der Waals surface area contributed by atoms with Gasteiger partial charge in [0.15, 0.2) is 0 Å². The second kappa shape index (κ2) is 5.27. The first kappa shape index (κ1) is 12.9. The average Bonchev–Trinajstić information content (AvgIpc) is 2.12. The topological polar surface area (TPSA) is 81.7 Å². The van der Waals surface area contributed by atoms with E-state index in [-0.39, 0.29) is 18.4 Å². The van der Waals surface area contributed by atoms with Crippen molar-refractivity contribution in [1.82, 2.24) is 15.8 Å². The van der Waals surface area contributed by atoms with Gasteiger partial charge in [0.25, 0.3) is 5.91 Å². The van der Waals surface area contributed by atoms with Crippen molar-refractivity contribution in [2.75, 3.05) is 19.6 Å². The predicted molar refractivity (Wildman–Crippen MR) is 58.3 cm³/mol. The maximum atomic E-state index is 11.3. The first-order valence-corrected chi connectivity index (χ1v) is 5.45. The molecule has 0 unspecified atom stereocenters. The lowest BCUT2D eigenvalue weighted by molar-refractivity contribution is -0.136. The van der Waals surface area contributed by atoms with Crippen LogP contribution in [0, 0.1) is 0 Å². The molecule has 1 rings (SSSR count). The fraction of sp³-hybridized carbons (Fsp3) is 0.800. The van der Waals surface area contributed by atoms with Gasteiger partial charge in [-0.2, -0.15) is 0 Å². The number of carbonyl (C=O) groups excluding carboxylic acids is 2. The first-order valence-electron chi connectivity index (χ1n) is 5.45. The zero-order chi connectivity index (χ0) is 12.2. The van der Waals surface area contributed by atoms with Gasteiger partial charge in [0.05, 0.1) is 12.1 Å². The lowest BCUT2D eigenvalue weighted by Crippen LogP contribution is -2.63. The number of hydrogen-bond acceptors (Lipinski definition) is 4. The molecule has 16 heavy (non-hydrogen) atoms. The zero-order valence-corrected chi connectivity index (χ0v) is 9.75. The molecule has 6 nitrogen and oxygen atoms in total. The average molecular weight is 229 g/mol. The number of amides is 2. The first-order chi connectivity index (χ1) is 7.45. The van der Waals surface area contributed by atoms with E-state index in [0.717, 1.165) is 12.8 Å². The van der Waals surface area contributed by atoms with Crippen molar-refractivity contribution in [3.63, 3.8) is 0 Å². The fourth-order valence-corrected chi connectivity index (χ4v) is 1.92. The predicted octanol–water partition coefficient (Wildman–Crippen LogP) is -0.999. The summed E-state index contributed by atoms with van der Waals surface area (Å²) < 4.78 is 0. The van der Waals surface area contributed by atoms with Crippen molar-refractivity contribution in [2.45, 2.75) is 32.3 Å². The van der Waals surface area contributed by atoms with Crippen LogP contribution in [0.5, 0.6) is 0 Å². The van der Waals surface area contributed by atoms with Gasteiger partial charge in [0.2, 0.25) is 5.91 Å². The van der Waals surface area contributed by atoms with Gasteiger partial charge in [-0.15, -0.1) is 0 Å². The molecule has 0 aromatic heterocycles. The Morgan fingerprint density at radius 2 is 2.00 bits per heavy atom. The third-order valence-corrected chi connectivity index (χ3v) is 2.50. The second-order valence-electron chi connectivity index (χ2n) is 4.35. The summed E-state index contributed by atoms with van der Waals surface area (Å²) in [5, 5.41) is 9.87. The molecule has 0 atom stereocenters. The minimum absolute atomic E-state index is 0.201. The summed E-state index contributed by atoms with van der Waals surface area (Å²) in [6.45, 7) is 4.59. The van der Waals surface area contributed by atoms with E-state index in [2.05, 4.69) is 10.9 Å². The molecule has 2 amide bonds. The minimum Gasteiger partial charge on any atom is -0.387 e. The molecule has 0 aromatic carbocycles. The maximum Gasteiger partial charge on any atom is 0.252 e. The number of hydrazine groups is 1. The molecule has 0 aliphatic carbocycles. The van der Waals surface area contributed by atoms with E-state index in [9.17, 15) is 14.7 Å². The minimum atomic E-state index is -0.622. The number of hydrogen-bond donors (Lipinski definition) is 3. The normalized spacial score (nSPS) is 18.7. The second-order valence-corrected chi connectivity index (χ2v) is 4.35. The number of likely N-dealkylation sites (tertiary alicyclic amines) is 1. The molecular formula is C10H19N3O3. The van der Waals surface area contributed by atoms with E-state index in [1.54, 1.807) is 0 Å². The molecule has 3 N–H and O–H groups in total. The molecule has 1 aliphatic heterocycles. The zero-order valence-electron chi connectivity index (χ0n) is 9.75. The van der Waals surface area contributed by atoms with Crippen LogP contribution in [-0.2, 0) is 9.59 Å². The van der Waals surface area contributed by atoms with Crippen molar-refractivity contribution in [2.24, 2.45) is 0 Å². The van der Waals surface area contributed by atoms with Crippen LogP contribution >= 0.6 is 0 Å². The summed E-state index contributed by atoms with van der Waals surface area (Å²) in [6, 6.07) is 0. The highest BCUT2D eigenvalue weighted by molar-refractivity contribution is 5.82. The molecule has 0 aromatic rings. The Kier molecular flexibility index (Phi) is 4.26. The van der Waals surface area contributed by atoms with Crippen LogP contribution in [0.15, 0.2) is 0 Å². The van der Waals surface area contributed by atoms with Crippen molar-refractivity contribution < 1.29 is 14.7 Å². The van der Waals surface area contributed by atoms with Gasteiger partial charge in [-0.05, 0) is 6.42 Å². The van der Waals surface area contributed by atoms with E-state index in [1.165, 1.54) is 6.92 Å². The summed E-state index contributed by atoms with van der Waals surface area (Å²) in [5.74, 6) is -0.576. The summed E-state index contributed by atoms with van der Waals surface area (Å²) in [4.78, 5) is 23.6. The summed E-state index contributed by atoms with van der Waals surface area (Å²) >= 11 is 0. The molecule has 1 aliphatic rings. The Balaban J connectivity index is 2.17. The standard InChI is InChI=1S/C10H19N3O3/c1-3-4-10(16)6-13(7-10)5-9(15)12-11-8(2)14/h16H,3-7H2,1-2H3,(H,11,14)(H,12,15). The molecule has 0 spiro atoms. The summed E-state index contributed by atoms with van der Waals surface area (Å²) in [7, 11) is 0. The highest BCUT2D eigenvalue weighted by Crippen LogP contribution is 2.24. The number of β-amino-alcohol motifs (C(OH)–C–C–N with tert-alkyl or cyclic N) is 1. The molecule has 0 saturated carbocycles. The smallest absolute Gasteiger partial charge is 0.252 e. The third-order valence-electron chi connectivity index (χ3n) is 2.50. The van der Waals surface area contributed by atoms with Crippen LogP contribution in [-0.4, -0.2) is 47.1 Å². The van der Waals surface area contributed by atoms with Gasteiger partial charge >= 0.3 is 0 Å². The third kappa shape index (κ3) is 3.79. The molecule has 92 valence electrons. The number of carbonyl (C=O) groups is 2. The van der Waals surface area contributed by atoms with E-state index >= 15 is 0 Å². The highest BCUT2D eigenvalue weighted by atomic mass is 16.3. The molecule has 0 bridgehead atoms. The van der Waals surface area contributed by atoms with Gasteiger partial charge < -0.3 is 5.11 Å². The van der Waals surface area contributed by atoms with Crippen molar-refractivity contribution in [3.8, 4) is 0 Å². The van der Waals surface area contributed by atoms with Gasteiger partial charge in [0.1, 0.15) is 0 Å².